The van der Waals surface area contributed by atoms with E-state index < -0.39 is 10.0 Å². The molecule has 21 heavy (non-hydrogen) atoms. The topological polar surface area (TPSA) is 58.2 Å². The summed E-state index contributed by atoms with van der Waals surface area (Å²) < 4.78 is 38.3. The molecule has 0 amide bonds. The van der Waals surface area contributed by atoms with Crippen LogP contribution in [0.3, 0.4) is 0 Å². The highest BCUT2D eigenvalue weighted by Gasteiger charge is 2.10. The zero-order valence-electron chi connectivity index (χ0n) is 11.8. The Kier molecular flexibility index (Phi) is 4.47. The van der Waals surface area contributed by atoms with E-state index in [9.17, 15) is 12.8 Å². The molecule has 0 bridgehead atoms. The molecule has 0 heterocycles. The maximum atomic E-state index is 13.7. The van der Waals surface area contributed by atoms with Gasteiger partial charge in [-0.3, -0.25) is 4.72 Å². The number of hydrogen-bond donors (Lipinski definition) is 2. The fourth-order valence-electron chi connectivity index (χ4n) is 2.00. The first-order valence-corrected chi connectivity index (χ1v) is 8.33. The Balaban J connectivity index is 2.08. The van der Waals surface area contributed by atoms with E-state index >= 15 is 0 Å². The van der Waals surface area contributed by atoms with Crippen LogP contribution in [0.1, 0.15) is 18.5 Å². The normalized spacial score (nSPS) is 12.7. The molecule has 0 aliphatic rings. The lowest BCUT2D eigenvalue weighted by Crippen LogP contribution is -2.10. The number of halogens is 1. The van der Waals surface area contributed by atoms with E-state index in [4.69, 9.17) is 0 Å². The van der Waals surface area contributed by atoms with Gasteiger partial charge in [0.25, 0.3) is 0 Å². The number of sulfonamides is 1. The molecule has 2 aromatic rings. The minimum atomic E-state index is -3.28. The van der Waals surface area contributed by atoms with Crippen molar-refractivity contribution in [3.63, 3.8) is 0 Å². The van der Waals surface area contributed by atoms with Crippen LogP contribution in [0, 0.1) is 5.82 Å². The third-order valence-corrected chi connectivity index (χ3v) is 3.55. The van der Waals surface area contributed by atoms with Gasteiger partial charge < -0.3 is 5.32 Å². The van der Waals surface area contributed by atoms with Crippen molar-refractivity contribution >= 4 is 21.4 Å². The molecule has 4 nitrogen and oxygen atoms in total. The Labute approximate surface area is 124 Å². The Hall–Kier alpha value is -2.08. The fourth-order valence-corrected chi connectivity index (χ4v) is 2.57. The quantitative estimate of drug-likeness (QED) is 0.890. The summed E-state index contributed by atoms with van der Waals surface area (Å²) in [7, 11) is -3.28. The molecule has 0 saturated heterocycles. The highest BCUT2D eigenvalue weighted by Crippen LogP contribution is 2.22. The van der Waals surface area contributed by atoms with Crippen LogP contribution >= 0.6 is 0 Å². The zero-order chi connectivity index (χ0) is 15.5. The molecule has 2 N–H and O–H groups in total. The molecule has 1 atom stereocenters. The standard InChI is InChI=1S/C15H17FN2O2S/c1-11(14-5-3-4-6-15(14)16)17-12-7-9-13(10-8-12)18-21(2,19)20/h3-11,17-18H,1-2H3. The van der Waals surface area contributed by atoms with Crippen LogP contribution in [0.2, 0.25) is 0 Å². The van der Waals surface area contributed by atoms with Crippen molar-refractivity contribution in [1.29, 1.82) is 0 Å². The molecule has 0 fully saturated rings. The Morgan fingerprint density at radius 1 is 1.00 bits per heavy atom. The minimum Gasteiger partial charge on any atom is -0.378 e. The Morgan fingerprint density at radius 3 is 2.14 bits per heavy atom. The summed E-state index contributed by atoms with van der Waals surface area (Å²) in [5.74, 6) is -0.257. The van der Waals surface area contributed by atoms with Crippen LogP contribution in [0.15, 0.2) is 48.5 Å². The van der Waals surface area contributed by atoms with Crippen LogP contribution < -0.4 is 10.0 Å². The minimum absolute atomic E-state index is 0.195. The average molecular weight is 308 g/mol. The molecule has 2 rings (SSSR count). The van der Waals surface area contributed by atoms with E-state index in [-0.39, 0.29) is 11.9 Å². The fraction of sp³-hybridized carbons (Fsp3) is 0.200. The molecular weight excluding hydrogens is 291 g/mol. The molecule has 0 aliphatic carbocycles. The molecule has 0 saturated carbocycles. The molecule has 0 radical (unpaired) electrons. The third kappa shape index (κ3) is 4.46. The number of benzene rings is 2. The number of anilines is 2. The van der Waals surface area contributed by atoms with Crippen LogP contribution in [0.5, 0.6) is 0 Å². The summed E-state index contributed by atoms with van der Waals surface area (Å²) in [6.45, 7) is 1.86. The van der Waals surface area contributed by atoms with Crippen LogP contribution in [0.25, 0.3) is 0 Å². The van der Waals surface area contributed by atoms with Crippen LogP contribution in [-0.2, 0) is 10.0 Å². The van der Waals surface area contributed by atoms with E-state index in [1.807, 2.05) is 6.92 Å². The summed E-state index contributed by atoms with van der Waals surface area (Å²) in [4.78, 5) is 0. The van der Waals surface area contributed by atoms with Gasteiger partial charge in [-0.15, -0.1) is 0 Å². The molecule has 1 unspecified atom stereocenters. The zero-order valence-corrected chi connectivity index (χ0v) is 12.6. The first-order chi connectivity index (χ1) is 9.85. The summed E-state index contributed by atoms with van der Waals surface area (Å²) in [5, 5.41) is 3.17. The SMILES string of the molecule is CC(Nc1ccc(NS(C)(=O)=O)cc1)c1ccccc1F. The van der Waals surface area contributed by atoms with Crippen molar-refractivity contribution in [2.75, 3.05) is 16.3 Å². The molecule has 112 valence electrons. The summed E-state index contributed by atoms with van der Waals surface area (Å²) in [6.07, 6.45) is 1.10. The van der Waals surface area contributed by atoms with Crippen molar-refractivity contribution in [2.45, 2.75) is 13.0 Å². The Morgan fingerprint density at radius 2 is 1.57 bits per heavy atom. The van der Waals surface area contributed by atoms with Crippen molar-refractivity contribution in [2.24, 2.45) is 0 Å². The predicted octanol–water partition coefficient (Wildman–Crippen LogP) is 3.37. The molecule has 0 aliphatic heterocycles. The summed E-state index contributed by atoms with van der Waals surface area (Å²) in [5.41, 5.74) is 1.85. The molecule has 6 heteroatoms. The smallest absolute Gasteiger partial charge is 0.229 e. The van der Waals surface area contributed by atoms with Gasteiger partial charge in [0, 0.05) is 16.9 Å². The second kappa shape index (κ2) is 6.13. The first-order valence-electron chi connectivity index (χ1n) is 6.44. The molecule has 0 spiro atoms. The van der Waals surface area contributed by atoms with Gasteiger partial charge in [0.05, 0.1) is 12.3 Å². The van der Waals surface area contributed by atoms with Gasteiger partial charge in [-0.05, 0) is 37.3 Å². The summed E-state index contributed by atoms with van der Waals surface area (Å²) >= 11 is 0. The van der Waals surface area contributed by atoms with E-state index in [1.165, 1.54) is 6.07 Å². The van der Waals surface area contributed by atoms with Gasteiger partial charge in [-0.2, -0.15) is 0 Å². The molecular formula is C15H17FN2O2S. The molecule has 0 aromatic heterocycles. The van der Waals surface area contributed by atoms with Gasteiger partial charge in [-0.25, -0.2) is 12.8 Å². The highest BCUT2D eigenvalue weighted by molar-refractivity contribution is 7.92. The second-order valence-corrected chi connectivity index (χ2v) is 6.59. The van der Waals surface area contributed by atoms with E-state index in [2.05, 4.69) is 10.0 Å². The monoisotopic (exact) mass is 308 g/mol. The van der Waals surface area contributed by atoms with Crippen molar-refractivity contribution < 1.29 is 12.8 Å². The lowest BCUT2D eigenvalue weighted by molar-refractivity contribution is 0.600. The van der Waals surface area contributed by atoms with Gasteiger partial charge in [-0.1, -0.05) is 18.2 Å². The maximum absolute atomic E-state index is 13.7. The average Bonchev–Trinajstić information content (AvgIpc) is 2.40. The van der Waals surface area contributed by atoms with Crippen LogP contribution in [-0.4, -0.2) is 14.7 Å². The summed E-state index contributed by atoms with van der Waals surface area (Å²) in [6, 6.07) is 13.2. The number of hydrogen-bond acceptors (Lipinski definition) is 3. The van der Waals surface area contributed by atoms with Crippen molar-refractivity contribution in [3.05, 3.63) is 59.9 Å². The van der Waals surface area contributed by atoms with Gasteiger partial charge in [0.2, 0.25) is 10.0 Å². The lowest BCUT2D eigenvalue weighted by atomic mass is 10.1. The lowest BCUT2D eigenvalue weighted by Gasteiger charge is -2.16. The van der Waals surface area contributed by atoms with Gasteiger partial charge in [0.15, 0.2) is 0 Å². The van der Waals surface area contributed by atoms with Gasteiger partial charge >= 0.3 is 0 Å². The van der Waals surface area contributed by atoms with Crippen molar-refractivity contribution in [1.82, 2.24) is 0 Å². The van der Waals surface area contributed by atoms with Crippen molar-refractivity contribution in [3.8, 4) is 0 Å². The largest absolute Gasteiger partial charge is 0.378 e. The van der Waals surface area contributed by atoms with Gasteiger partial charge in [0.1, 0.15) is 5.82 Å². The van der Waals surface area contributed by atoms with E-state index in [0.29, 0.717) is 11.3 Å². The number of nitrogens with one attached hydrogen (secondary N) is 2. The predicted molar refractivity (Wildman–Crippen MR) is 83.3 cm³/mol. The first kappa shape index (κ1) is 15.3. The second-order valence-electron chi connectivity index (χ2n) is 4.84. The van der Waals surface area contributed by atoms with E-state index in [0.717, 1.165) is 11.9 Å². The molecule has 2 aromatic carbocycles. The maximum Gasteiger partial charge on any atom is 0.229 e. The van der Waals surface area contributed by atoms with Crippen LogP contribution in [0.4, 0.5) is 15.8 Å². The number of rotatable bonds is 5. The third-order valence-electron chi connectivity index (χ3n) is 2.94. The van der Waals surface area contributed by atoms with E-state index in [1.54, 1.807) is 42.5 Å². The highest BCUT2D eigenvalue weighted by atomic mass is 32.2. The Bertz CT molecular complexity index is 715.